The van der Waals surface area contributed by atoms with Gasteiger partial charge in [0.2, 0.25) is 0 Å². The van der Waals surface area contributed by atoms with Crippen molar-refractivity contribution in [1.29, 1.82) is 0 Å². The number of hydrogen-bond acceptors (Lipinski definition) is 2. The molecule has 2 heteroatoms. The van der Waals surface area contributed by atoms with Gasteiger partial charge in [0.1, 0.15) is 0 Å². The van der Waals surface area contributed by atoms with Gasteiger partial charge in [0.15, 0.2) is 0 Å². The van der Waals surface area contributed by atoms with Gasteiger partial charge in [-0.1, -0.05) is 5.57 Å². The highest BCUT2D eigenvalue weighted by Crippen LogP contribution is 2.15. The molecule has 2 nitrogen and oxygen atoms in total. The Morgan fingerprint density at radius 1 is 1.00 bits per heavy atom. The molecule has 0 saturated carbocycles. The summed E-state index contributed by atoms with van der Waals surface area (Å²) in [4.78, 5) is 2.52. The Labute approximate surface area is 81.0 Å². The summed E-state index contributed by atoms with van der Waals surface area (Å²) < 4.78 is 0. The lowest BCUT2D eigenvalue weighted by atomic mass is 10.1. The van der Waals surface area contributed by atoms with E-state index in [9.17, 15) is 0 Å². The van der Waals surface area contributed by atoms with Crippen molar-refractivity contribution in [3.05, 3.63) is 11.8 Å². The van der Waals surface area contributed by atoms with Crippen LogP contribution in [0.25, 0.3) is 0 Å². The van der Waals surface area contributed by atoms with E-state index in [1.54, 1.807) is 5.57 Å². The van der Waals surface area contributed by atoms with Gasteiger partial charge in [0.25, 0.3) is 0 Å². The molecule has 0 aliphatic carbocycles. The predicted molar refractivity (Wildman–Crippen MR) is 55.6 cm³/mol. The minimum Gasteiger partial charge on any atom is -0.377 e. The zero-order valence-corrected chi connectivity index (χ0v) is 8.39. The highest BCUT2D eigenvalue weighted by Gasteiger charge is 2.09. The number of nitrogens with zero attached hydrogens (tertiary/aromatic N) is 1. The Kier molecular flexibility index (Phi) is 3.25. The minimum absolute atomic E-state index is 1.18. The molecule has 0 aromatic heterocycles. The molecule has 0 spiro atoms. The maximum Gasteiger partial charge on any atom is 0.0172 e. The number of likely N-dealkylation sites (tertiary alicyclic amines) is 1. The lowest BCUT2D eigenvalue weighted by Crippen LogP contribution is -2.28. The first-order chi connectivity index (χ1) is 6.45. The molecule has 0 aromatic rings. The molecule has 2 fully saturated rings. The predicted octanol–water partition coefficient (Wildman–Crippen LogP) is 1.74. The number of nitrogens with one attached hydrogen (secondary N) is 1. The van der Waals surface area contributed by atoms with Gasteiger partial charge in [0, 0.05) is 13.1 Å². The molecule has 2 rings (SSSR count). The summed E-state index contributed by atoms with van der Waals surface area (Å²) in [6.07, 6.45) is 9.16. The Hall–Kier alpha value is -0.500. The first-order valence-corrected chi connectivity index (χ1v) is 5.59. The maximum atomic E-state index is 3.39. The van der Waals surface area contributed by atoms with Gasteiger partial charge >= 0.3 is 0 Å². The van der Waals surface area contributed by atoms with Crippen LogP contribution in [0.1, 0.15) is 32.1 Å². The fourth-order valence-corrected chi connectivity index (χ4v) is 2.18. The van der Waals surface area contributed by atoms with Gasteiger partial charge in [-0.15, -0.1) is 0 Å². The van der Waals surface area contributed by atoms with Crippen LogP contribution in [0.15, 0.2) is 11.8 Å². The van der Waals surface area contributed by atoms with Crippen LogP contribution in [0.5, 0.6) is 0 Å². The number of rotatable bonds is 1. The first-order valence-electron chi connectivity index (χ1n) is 5.59. The summed E-state index contributed by atoms with van der Waals surface area (Å²) >= 11 is 0. The van der Waals surface area contributed by atoms with Crippen LogP contribution in [-0.2, 0) is 0 Å². The van der Waals surface area contributed by atoms with E-state index in [0.717, 1.165) is 0 Å². The van der Waals surface area contributed by atoms with E-state index >= 15 is 0 Å². The van der Waals surface area contributed by atoms with Crippen molar-refractivity contribution in [3.8, 4) is 0 Å². The van der Waals surface area contributed by atoms with Crippen molar-refractivity contribution in [2.75, 3.05) is 26.2 Å². The fraction of sp³-hybridized carbons (Fsp3) is 0.818. The summed E-state index contributed by atoms with van der Waals surface area (Å²) in [5.74, 6) is 0. The van der Waals surface area contributed by atoms with Crippen LogP contribution >= 0.6 is 0 Å². The molecule has 2 aliphatic heterocycles. The molecular weight excluding hydrogens is 160 g/mol. The molecular formula is C11H20N2. The van der Waals surface area contributed by atoms with Crippen LogP contribution in [0.4, 0.5) is 0 Å². The Balaban J connectivity index is 1.85. The average molecular weight is 180 g/mol. The second-order valence-electron chi connectivity index (χ2n) is 4.13. The molecule has 1 N–H and O–H groups in total. The van der Waals surface area contributed by atoms with Crippen molar-refractivity contribution in [3.63, 3.8) is 0 Å². The van der Waals surface area contributed by atoms with E-state index in [1.807, 2.05) is 0 Å². The lowest BCUT2D eigenvalue weighted by molar-refractivity contribution is 0.305. The third-order valence-corrected chi connectivity index (χ3v) is 3.00. The van der Waals surface area contributed by atoms with Gasteiger partial charge in [0.05, 0.1) is 0 Å². The highest BCUT2D eigenvalue weighted by atomic mass is 15.1. The summed E-state index contributed by atoms with van der Waals surface area (Å²) in [6.45, 7) is 4.94. The van der Waals surface area contributed by atoms with E-state index in [2.05, 4.69) is 16.4 Å². The maximum absolute atomic E-state index is 3.39. The number of hydrogen-bond donors (Lipinski definition) is 1. The van der Waals surface area contributed by atoms with Gasteiger partial charge < -0.3 is 10.2 Å². The highest BCUT2D eigenvalue weighted by molar-refractivity contribution is 5.05. The summed E-state index contributed by atoms with van der Waals surface area (Å²) in [5, 5.41) is 3.39. The van der Waals surface area contributed by atoms with E-state index in [1.165, 1.54) is 58.3 Å². The molecule has 0 aromatic carbocycles. The van der Waals surface area contributed by atoms with Crippen molar-refractivity contribution < 1.29 is 0 Å². The molecule has 0 radical (unpaired) electrons. The quantitative estimate of drug-likeness (QED) is 0.661. The SMILES string of the molecule is C(=C1CCNCC1)N1CCCCC1. The zero-order valence-electron chi connectivity index (χ0n) is 8.39. The fourth-order valence-electron chi connectivity index (χ4n) is 2.18. The molecule has 0 unspecified atom stereocenters. The van der Waals surface area contributed by atoms with Crippen molar-refractivity contribution in [1.82, 2.24) is 10.2 Å². The molecule has 74 valence electrons. The summed E-state index contributed by atoms with van der Waals surface area (Å²) in [7, 11) is 0. The molecule has 0 atom stereocenters. The molecule has 0 bridgehead atoms. The Morgan fingerprint density at radius 3 is 2.38 bits per heavy atom. The van der Waals surface area contributed by atoms with E-state index in [-0.39, 0.29) is 0 Å². The third-order valence-electron chi connectivity index (χ3n) is 3.00. The van der Waals surface area contributed by atoms with Crippen LogP contribution in [0.3, 0.4) is 0 Å². The standard InChI is InChI=1S/C11H20N2/c1-2-8-13(9-3-1)10-11-4-6-12-7-5-11/h10,12H,1-9H2. The smallest absolute Gasteiger partial charge is 0.0172 e. The second kappa shape index (κ2) is 4.66. The average Bonchev–Trinajstić information content (AvgIpc) is 2.21. The van der Waals surface area contributed by atoms with Gasteiger partial charge in [-0.2, -0.15) is 0 Å². The van der Waals surface area contributed by atoms with Crippen molar-refractivity contribution >= 4 is 0 Å². The van der Waals surface area contributed by atoms with Gasteiger partial charge in [-0.3, -0.25) is 0 Å². The Morgan fingerprint density at radius 2 is 1.69 bits per heavy atom. The molecule has 2 aliphatic rings. The van der Waals surface area contributed by atoms with Gasteiger partial charge in [-0.05, 0) is 51.4 Å². The first kappa shape index (κ1) is 9.07. The molecule has 2 saturated heterocycles. The topological polar surface area (TPSA) is 15.3 Å². The van der Waals surface area contributed by atoms with Crippen LogP contribution in [0, 0.1) is 0 Å². The molecule has 2 heterocycles. The molecule has 13 heavy (non-hydrogen) atoms. The minimum atomic E-state index is 1.18. The Bertz CT molecular complexity index is 173. The lowest BCUT2D eigenvalue weighted by Gasteiger charge is -2.27. The van der Waals surface area contributed by atoms with Crippen LogP contribution < -0.4 is 5.32 Å². The van der Waals surface area contributed by atoms with Crippen LogP contribution in [0.2, 0.25) is 0 Å². The second-order valence-corrected chi connectivity index (χ2v) is 4.13. The van der Waals surface area contributed by atoms with E-state index in [4.69, 9.17) is 0 Å². The number of piperidine rings is 2. The van der Waals surface area contributed by atoms with Crippen molar-refractivity contribution in [2.45, 2.75) is 32.1 Å². The molecule has 0 amide bonds. The van der Waals surface area contributed by atoms with Crippen molar-refractivity contribution in [2.24, 2.45) is 0 Å². The van der Waals surface area contributed by atoms with E-state index in [0.29, 0.717) is 0 Å². The largest absolute Gasteiger partial charge is 0.377 e. The summed E-state index contributed by atoms with van der Waals surface area (Å²) in [6, 6.07) is 0. The van der Waals surface area contributed by atoms with E-state index < -0.39 is 0 Å². The monoisotopic (exact) mass is 180 g/mol. The van der Waals surface area contributed by atoms with Gasteiger partial charge in [-0.25, -0.2) is 0 Å². The zero-order chi connectivity index (χ0) is 8.93. The normalized spacial score (nSPS) is 24.6. The third kappa shape index (κ3) is 2.73. The van der Waals surface area contributed by atoms with Crippen LogP contribution in [-0.4, -0.2) is 31.1 Å². The summed E-state index contributed by atoms with van der Waals surface area (Å²) in [5.41, 5.74) is 1.65.